The fourth-order valence-corrected chi connectivity index (χ4v) is 1.39. The summed E-state index contributed by atoms with van der Waals surface area (Å²) in [5.74, 6) is -8.61. The molecule has 0 atom stereocenters. The summed E-state index contributed by atoms with van der Waals surface area (Å²) in [7, 11) is 0. The summed E-state index contributed by atoms with van der Waals surface area (Å²) in [6, 6.07) is 2.38. The van der Waals surface area contributed by atoms with E-state index in [1.165, 1.54) is 24.5 Å². The summed E-state index contributed by atoms with van der Waals surface area (Å²) in [5, 5.41) is 8.80. The van der Waals surface area contributed by atoms with E-state index in [1.54, 1.807) is 0 Å². The third kappa shape index (κ3) is 1.71. The molecule has 0 unspecified atom stereocenters. The number of hydrogen-bond donors (Lipinski definition) is 1. The molecule has 0 aliphatic carbocycles. The number of benzene rings is 1. The number of phenolic OH excluding ortho intramolecular Hbond substituents is 1. The van der Waals surface area contributed by atoms with Gasteiger partial charge in [0.2, 0.25) is 11.6 Å². The molecule has 88 valence electrons. The molecule has 0 bridgehead atoms. The maximum atomic E-state index is 13.4. The second kappa shape index (κ2) is 4.04. The van der Waals surface area contributed by atoms with Crippen molar-refractivity contribution >= 4 is 0 Å². The van der Waals surface area contributed by atoms with Crippen LogP contribution in [0.1, 0.15) is 0 Å². The molecule has 6 heteroatoms. The zero-order valence-electron chi connectivity index (χ0n) is 8.22. The van der Waals surface area contributed by atoms with Crippen LogP contribution >= 0.6 is 0 Å². The standard InChI is InChI=1S/C11H5F4NO/c12-7-6(5-1-3-16-4-2-5)8(13)10(15)11(17)9(7)14/h1-4,17H. The van der Waals surface area contributed by atoms with Crippen LogP contribution in [-0.4, -0.2) is 10.1 Å². The Morgan fingerprint density at radius 2 is 1.29 bits per heavy atom. The Hall–Kier alpha value is -2.11. The summed E-state index contributed by atoms with van der Waals surface area (Å²) in [6.45, 7) is 0. The summed E-state index contributed by atoms with van der Waals surface area (Å²) in [6.07, 6.45) is 2.44. The van der Waals surface area contributed by atoms with Crippen molar-refractivity contribution < 1.29 is 22.7 Å². The summed E-state index contributed by atoms with van der Waals surface area (Å²) >= 11 is 0. The number of hydrogen-bond acceptors (Lipinski definition) is 2. The lowest BCUT2D eigenvalue weighted by molar-refractivity contribution is 0.358. The minimum absolute atomic E-state index is 0.0761. The highest BCUT2D eigenvalue weighted by Gasteiger charge is 2.25. The van der Waals surface area contributed by atoms with E-state index >= 15 is 0 Å². The Labute approximate surface area is 93.2 Å². The van der Waals surface area contributed by atoms with Crippen LogP contribution < -0.4 is 0 Å². The van der Waals surface area contributed by atoms with Gasteiger partial charge in [-0.15, -0.1) is 0 Å². The van der Waals surface area contributed by atoms with Crippen molar-refractivity contribution in [2.45, 2.75) is 0 Å². The number of phenols is 1. The van der Waals surface area contributed by atoms with Crippen LogP contribution in [0.5, 0.6) is 5.75 Å². The van der Waals surface area contributed by atoms with E-state index in [2.05, 4.69) is 4.98 Å². The molecule has 0 saturated carbocycles. The molecule has 17 heavy (non-hydrogen) atoms. The molecule has 2 aromatic rings. The van der Waals surface area contributed by atoms with Crippen molar-refractivity contribution in [3.8, 4) is 16.9 Å². The molecule has 0 aliphatic heterocycles. The quantitative estimate of drug-likeness (QED) is 0.617. The van der Waals surface area contributed by atoms with Crippen LogP contribution in [0.2, 0.25) is 0 Å². The number of rotatable bonds is 1. The third-order valence-corrected chi connectivity index (χ3v) is 2.21. The van der Waals surface area contributed by atoms with E-state index in [-0.39, 0.29) is 5.56 Å². The first kappa shape index (κ1) is 11.4. The molecule has 0 fully saturated rings. The predicted molar refractivity (Wildman–Crippen MR) is 51.2 cm³/mol. The smallest absolute Gasteiger partial charge is 0.204 e. The van der Waals surface area contributed by atoms with E-state index in [4.69, 9.17) is 5.11 Å². The Morgan fingerprint density at radius 1 is 0.824 bits per heavy atom. The van der Waals surface area contributed by atoms with Gasteiger partial charge in [0.1, 0.15) is 0 Å². The highest BCUT2D eigenvalue weighted by molar-refractivity contribution is 5.65. The van der Waals surface area contributed by atoms with Gasteiger partial charge in [0.05, 0.1) is 5.56 Å². The molecule has 1 heterocycles. The second-order valence-electron chi connectivity index (χ2n) is 3.22. The van der Waals surface area contributed by atoms with Crippen LogP contribution in [0.15, 0.2) is 24.5 Å². The molecule has 0 amide bonds. The monoisotopic (exact) mass is 243 g/mol. The molecule has 1 aromatic heterocycles. The molecule has 2 nitrogen and oxygen atoms in total. The zero-order chi connectivity index (χ0) is 12.6. The Kier molecular flexibility index (Phi) is 2.71. The number of aromatic nitrogens is 1. The average molecular weight is 243 g/mol. The Balaban J connectivity index is 2.80. The van der Waals surface area contributed by atoms with Crippen molar-refractivity contribution in [2.24, 2.45) is 0 Å². The highest BCUT2D eigenvalue weighted by Crippen LogP contribution is 2.34. The summed E-state index contributed by atoms with van der Waals surface area (Å²) in [5.41, 5.74) is -0.951. The molecular weight excluding hydrogens is 238 g/mol. The van der Waals surface area contributed by atoms with E-state index in [1.807, 2.05) is 0 Å². The van der Waals surface area contributed by atoms with Gasteiger partial charge in [-0.25, -0.2) is 8.78 Å². The van der Waals surface area contributed by atoms with Crippen molar-refractivity contribution in [3.05, 3.63) is 47.8 Å². The lowest BCUT2D eigenvalue weighted by Crippen LogP contribution is -1.99. The Bertz CT molecular complexity index is 542. The molecule has 0 radical (unpaired) electrons. The predicted octanol–water partition coefficient (Wildman–Crippen LogP) is 3.01. The van der Waals surface area contributed by atoms with Gasteiger partial charge in [0.25, 0.3) is 0 Å². The van der Waals surface area contributed by atoms with Crippen molar-refractivity contribution in [2.75, 3.05) is 0 Å². The van der Waals surface area contributed by atoms with Gasteiger partial charge in [-0.05, 0) is 17.7 Å². The number of nitrogens with zero attached hydrogens (tertiary/aromatic N) is 1. The zero-order valence-corrected chi connectivity index (χ0v) is 8.22. The van der Waals surface area contributed by atoms with E-state index in [0.717, 1.165) is 0 Å². The van der Waals surface area contributed by atoms with Crippen LogP contribution in [0.4, 0.5) is 17.6 Å². The van der Waals surface area contributed by atoms with Crippen molar-refractivity contribution in [1.82, 2.24) is 4.98 Å². The van der Waals surface area contributed by atoms with E-state index in [9.17, 15) is 17.6 Å². The largest absolute Gasteiger partial charge is 0.503 e. The normalized spacial score (nSPS) is 10.6. The fourth-order valence-electron chi connectivity index (χ4n) is 1.39. The maximum absolute atomic E-state index is 13.4. The first-order valence-electron chi connectivity index (χ1n) is 4.49. The number of halogens is 4. The van der Waals surface area contributed by atoms with Crippen molar-refractivity contribution in [3.63, 3.8) is 0 Å². The third-order valence-electron chi connectivity index (χ3n) is 2.21. The van der Waals surface area contributed by atoms with Crippen LogP contribution in [-0.2, 0) is 0 Å². The molecule has 0 saturated heterocycles. The van der Waals surface area contributed by atoms with Gasteiger partial charge in [-0.1, -0.05) is 0 Å². The molecule has 0 spiro atoms. The lowest BCUT2D eigenvalue weighted by atomic mass is 10.0. The van der Waals surface area contributed by atoms with Gasteiger partial charge in [-0.3, -0.25) is 4.98 Å². The second-order valence-corrected chi connectivity index (χ2v) is 3.22. The highest BCUT2D eigenvalue weighted by atomic mass is 19.2. The lowest BCUT2D eigenvalue weighted by Gasteiger charge is -2.08. The minimum Gasteiger partial charge on any atom is -0.503 e. The molecule has 1 N–H and O–H groups in total. The van der Waals surface area contributed by atoms with Gasteiger partial charge >= 0.3 is 0 Å². The van der Waals surface area contributed by atoms with E-state index < -0.39 is 34.6 Å². The first-order valence-corrected chi connectivity index (χ1v) is 4.49. The molecule has 0 aliphatic rings. The van der Waals surface area contributed by atoms with Gasteiger partial charge in [0.15, 0.2) is 17.4 Å². The van der Waals surface area contributed by atoms with Gasteiger partial charge < -0.3 is 5.11 Å². The van der Waals surface area contributed by atoms with Crippen LogP contribution in [0, 0.1) is 23.3 Å². The van der Waals surface area contributed by atoms with Crippen molar-refractivity contribution in [1.29, 1.82) is 0 Å². The first-order chi connectivity index (χ1) is 8.04. The maximum Gasteiger partial charge on any atom is 0.204 e. The average Bonchev–Trinajstić information content (AvgIpc) is 2.36. The topological polar surface area (TPSA) is 33.1 Å². The van der Waals surface area contributed by atoms with Crippen LogP contribution in [0.3, 0.4) is 0 Å². The number of pyridine rings is 1. The SMILES string of the molecule is Oc1c(F)c(F)c(-c2ccncc2)c(F)c1F. The van der Waals surface area contributed by atoms with E-state index in [0.29, 0.717) is 0 Å². The summed E-state index contributed by atoms with van der Waals surface area (Å²) in [4.78, 5) is 3.61. The minimum atomic E-state index is -1.82. The van der Waals surface area contributed by atoms with Gasteiger partial charge in [0, 0.05) is 12.4 Å². The molecular formula is C11H5F4NO. The fraction of sp³-hybridized carbons (Fsp3) is 0. The van der Waals surface area contributed by atoms with Gasteiger partial charge in [-0.2, -0.15) is 8.78 Å². The Morgan fingerprint density at radius 3 is 1.76 bits per heavy atom. The molecule has 2 rings (SSSR count). The number of aromatic hydroxyl groups is 1. The van der Waals surface area contributed by atoms with Crippen LogP contribution in [0.25, 0.3) is 11.1 Å². The molecule has 1 aromatic carbocycles. The summed E-state index contributed by atoms with van der Waals surface area (Å²) < 4.78 is 53.0.